The van der Waals surface area contributed by atoms with Gasteiger partial charge in [-0.15, -0.1) is 0 Å². The highest BCUT2D eigenvalue weighted by Gasteiger charge is 2.20. The van der Waals surface area contributed by atoms with Crippen LogP contribution >= 0.6 is 11.6 Å². The zero-order valence-corrected chi connectivity index (χ0v) is 14.8. The Morgan fingerprint density at radius 2 is 1.58 bits per heavy atom. The fraction of sp³-hybridized carbons (Fsp3) is 0.0500. The Morgan fingerprint density at radius 3 is 2.15 bits per heavy atom. The van der Waals surface area contributed by atoms with Gasteiger partial charge in [0.25, 0.3) is 5.91 Å². The molecule has 0 unspecified atom stereocenters. The lowest BCUT2D eigenvalue weighted by Gasteiger charge is -2.15. The molecule has 1 amide bonds. The first-order chi connectivity index (χ1) is 12.6. The molecule has 0 radical (unpaired) electrons. The number of amides is 1. The second-order valence-electron chi connectivity index (χ2n) is 5.65. The molecule has 3 rings (SSSR count). The van der Waals surface area contributed by atoms with E-state index in [2.05, 4.69) is 15.6 Å². The molecule has 3 N–H and O–H groups in total. The van der Waals surface area contributed by atoms with Crippen LogP contribution in [0.15, 0.2) is 66.9 Å². The Morgan fingerprint density at radius 1 is 1.00 bits per heavy atom. The van der Waals surface area contributed by atoms with Crippen molar-refractivity contribution in [3.63, 3.8) is 0 Å². The van der Waals surface area contributed by atoms with E-state index in [4.69, 9.17) is 17.0 Å². The Kier molecular flexibility index (Phi) is 5.29. The van der Waals surface area contributed by atoms with Crippen LogP contribution in [0.4, 0.5) is 17.2 Å². The van der Waals surface area contributed by atoms with Crippen molar-refractivity contribution in [3.05, 3.63) is 83.0 Å². The molecule has 0 aliphatic heterocycles. The third-order valence-corrected chi connectivity index (χ3v) is 4.10. The third-order valence-electron chi connectivity index (χ3n) is 3.70. The van der Waals surface area contributed by atoms with E-state index in [-0.39, 0.29) is 22.2 Å². The van der Waals surface area contributed by atoms with Crippen LogP contribution in [0, 0.1) is 5.41 Å². The minimum atomic E-state index is -0.373. The van der Waals surface area contributed by atoms with Gasteiger partial charge < -0.3 is 16.0 Å². The number of pyridine rings is 1. The van der Waals surface area contributed by atoms with Gasteiger partial charge in [-0.1, -0.05) is 48.0 Å². The van der Waals surface area contributed by atoms with Crippen LogP contribution in [-0.2, 0) is 0 Å². The molecule has 0 aliphatic rings. The fourth-order valence-corrected chi connectivity index (χ4v) is 2.83. The summed E-state index contributed by atoms with van der Waals surface area (Å²) >= 11 is 6.45. The summed E-state index contributed by atoms with van der Waals surface area (Å²) in [6, 6.07) is 18.6. The molecule has 1 aromatic heterocycles. The number of carbonyl (C=O) groups excluding carboxylic acids is 1. The number of hydrogen-bond acceptors (Lipinski definition) is 4. The maximum atomic E-state index is 12.6. The lowest BCUT2D eigenvalue weighted by Crippen LogP contribution is -2.15. The van der Waals surface area contributed by atoms with Crippen molar-refractivity contribution in [1.29, 1.82) is 5.41 Å². The van der Waals surface area contributed by atoms with Crippen LogP contribution in [0.5, 0.6) is 0 Å². The fourth-order valence-electron chi connectivity index (χ4n) is 2.46. The molecular weight excluding hydrogens is 348 g/mol. The lowest BCUT2D eigenvalue weighted by molar-refractivity contribution is 0.102. The van der Waals surface area contributed by atoms with Crippen LogP contribution in [-0.4, -0.2) is 16.6 Å². The summed E-state index contributed by atoms with van der Waals surface area (Å²) in [5, 5.41) is 14.2. The van der Waals surface area contributed by atoms with E-state index in [0.717, 1.165) is 5.69 Å². The van der Waals surface area contributed by atoms with Gasteiger partial charge in [0.1, 0.15) is 5.82 Å². The number of hydrogen-bond donors (Lipinski definition) is 3. The molecular formula is C20H17ClN4O. The highest BCUT2D eigenvalue weighted by molar-refractivity contribution is 6.38. The number of nitrogens with zero attached hydrogens (tertiary/aromatic N) is 1. The Balaban J connectivity index is 1.94. The van der Waals surface area contributed by atoms with Crippen LogP contribution in [0.2, 0.25) is 5.02 Å². The highest BCUT2D eigenvalue weighted by Crippen LogP contribution is 2.29. The summed E-state index contributed by atoms with van der Waals surface area (Å²) < 4.78 is 0. The van der Waals surface area contributed by atoms with E-state index in [9.17, 15) is 4.79 Å². The highest BCUT2D eigenvalue weighted by atomic mass is 35.5. The van der Waals surface area contributed by atoms with Gasteiger partial charge in [0, 0.05) is 23.3 Å². The molecule has 0 atom stereocenters. The molecule has 0 bridgehead atoms. The second-order valence-corrected chi connectivity index (χ2v) is 6.02. The molecule has 130 valence electrons. The van der Waals surface area contributed by atoms with Crippen molar-refractivity contribution in [2.24, 2.45) is 0 Å². The van der Waals surface area contributed by atoms with Crippen LogP contribution in [0.1, 0.15) is 22.8 Å². The average Bonchev–Trinajstić information content (AvgIpc) is 2.63. The number of halogens is 1. The number of carbonyl (C=O) groups is 1. The second kappa shape index (κ2) is 7.80. The first kappa shape index (κ1) is 17.6. The summed E-state index contributed by atoms with van der Waals surface area (Å²) in [7, 11) is 0. The predicted molar refractivity (Wildman–Crippen MR) is 106 cm³/mol. The zero-order valence-electron chi connectivity index (χ0n) is 14.1. The van der Waals surface area contributed by atoms with E-state index < -0.39 is 0 Å². The van der Waals surface area contributed by atoms with Gasteiger partial charge >= 0.3 is 0 Å². The molecule has 5 nitrogen and oxygen atoms in total. The Hall–Kier alpha value is -3.18. The summed E-state index contributed by atoms with van der Waals surface area (Å²) in [6.45, 7) is 1.61. The smallest absolute Gasteiger partial charge is 0.258 e. The van der Waals surface area contributed by atoms with Gasteiger partial charge in [-0.2, -0.15) is 0 Å². The quantitative estimate of drug-likeness (QED) is 0.550. The number of rotatable bonds is 5. The molecule has 0 aliphatic carbocycles. The van der Waals surface area contributed by atoms with Crippen LogP contribution in [0.3, 0.4) is 0 Å². The average molecular weight is 365 g/mol. The number of nitrogens with one attached hydrogen (secondary N) is 3. The van der Waals surface area contributed by atoms with Crippen molar-refractivity contribution in [3.8, 4) is 0 Å². The topological polar surface area (TPSA) is 77.9 Å². The van der Waals surface area contributed by atoms with Gasteiger partial charge in [0.15, 0.2) is 0 Å². The number of para-hydroxylation sites is 2. The van der Waals surface area contributed by atoms with E-state index in [1.807, 2.05) is 48.5 Å². The Bertz CT molecular complexity index is 943. The SMILES string of the molecule is CC(=N)c1c(Nc2ccccc2)ncc(C(=O)Nc2ccccc2)c1Cl. The summed E-state index contributed by atoms with van der Waals surface area (Å²) in [5.74, 6) is 0.0624. The number of anilines is 3. The minimum Gasteiger partial charge on any atom is -0.340 e. The van der Waals surface area contributed by atoms with Crippen molar-refractivity contribution in [1.82, 2.24) is 4.98 Å². The number of benzene rings is 2. The van der Waals surface area contributed by atoms with E-state index in [0.29, 0.717) is 17.1 Å². The molecule has 1 heterocycles. The van der Waals surface area contributed by atoms with Gasteiger partial charge in [-0.3, -0.25) is 4.79 Å². The number of aromatic nitrogens is 1. The summed E-state index contributed by atoms with van der Waals surface area (Å²) in [4.78, 5) is 16.9. The minimum absolute atomic E-state index is 0.194. The monoisotopic (exact) mass is 364 g/mol. The largest absolute Gasteiger partial charge is 0.340 e. The molecule has 6 heteroatoms. The maximum Gasteiger partial charge on any atom is 0.258 e. The van der Waals surface area contributed by atoms with E-state index in [1.54, 1.807) is 19.1 Å². The molecule has 0 saturated carbocycles. The molecule has 0 spiro atoms. The van der Waals surface area contributed by atoms with Gasteiger partial charge in [0.05, 0.1) is 16.1 Å². The van der Waals surface area contributed by atoms with Crippen molar-refractivity contribution in [2.45, 2.75) is 6.92 Å². The van der Waals surface area contributed by atoms with Crippen LogP contribution in [0.25, 0.3) is 0 Å². The Labute approximate surface area is 156 Å². The molecule has 0 fully saturated rings. The first-order valence-corrected chi connectivity index (χ1v) is 8.36. The summed E-state index contributed by atoms with van der Waals surface area (Å²) in [6.07, 6.45) is 1.42. The van der Waals surface area contributed by atoms with Gasteiger partial charge in [-0.05, 0) is 31.2 Å². The lowest BCUT2D eigenvalue weighted by atomic mass is 10.1. The van der Waals surface area contributed by atoms with Crippen molar-refractivity contribution >= 4 is 40.4 Å². The zero-order chi connectivity index (χ0) is 18.5. The maximum absolute atomic E-state index is 12.6. The van der Waals surface area contributed by atoms with Gasteiger partial charge in [-0.25, -0.2) is 4.98 Å². The first-order valence-electron chi connectivity index (χ1n) is 7.98. The third kappa shape index (κ3) is 3.90. The normalized spacial score (nSPS) is 10.2. The summed E-state index contributed by atoms with van der Waals surface area (Å²) in [5.41, 5.74) is 2.32. The van der Waals surface area contributed by atoms with E-state index in [1.165, 1.54) is 6.20 Å². The standard InChI is InChI=1S/C20H17ClN4O/c1-13(22)17-18(21)16(20(26)25-15-10-6-3-7-11-15)12-23-19(17)24-14-8-4-2-5-9-14/h2-12,22H,1H3,(H,23,24)(H,25,26). The van der Waals surface area contributed by atoms with Gasteiger partial charge in [0.2, 0.25) is 0 Å². The molecule has 26 heavy (non-hydrogen) atoms. The molecule has 3 aromatic rings. The van der Waals surface area contributed by atoms with Crippen molar-refractivity contribution in [2.75, 3.05) is 10.6 Å². The predicted octanol–water partition coefficient (Wildman–Crippen LogP) is 5.12. The van der Waals surface area contributed by atoms with E-state index >= 15 is 0 Å². The molecule has 0 saturated heterocycles. The molecule has 2 aromatic carbocycles. The van der Waals surface area contributed by atoms with Crippen LogP contribution < -0.4 is 10.6 Å². The van der Waals surface area contributed by atoms with Crippen molar-refractivity contribution < 1.29 is 4.79 Å².